The van der Waals surface area contributed by atoms with E-state index in [1.165, 1.54) is 0 Å². The number of amides is 1. The lowest BCUT2D eigenvalue weighted by Gasteiger charge is -2.28. The van der Waals surface area contributed by atoms with Crippen molar-refractivity contribution in [3.8, 4) is 5.75 Å². The van der Waals surface area contributed by atoms with Gasteiger partial charge in [0.2, 0.25) is 0 Å². The van der Waals surface area contributed by atoms with Crippen molar-refractivity contribution >= 4 is 15.7 Å². The topological polar surface area (TPSA) is 63.7 Å². The molecule has 0 spiro atoms. The van der Waals surface area contributed by atoms with Crippen LogP contribution < -0.4 is 4.74 Å². The maximum Gasteiger partial charge on any atom is 0.260 e. The van der Waals surface area contributed by atoms with Crippen LogP contribution in [0.4, 0.5) is 0 Å². The van der Waals surface area contributed by atoms with Crippen LogP contribution >= 0.6 is 0 Å². The molecule has 6 heteroatoms. The number of sulfone groups is 1. The van der Waals surface area contributed by atoms with Gasteiger partial charge in [0.25, 0.3) is 5.91 Å². The van der Waals surface area contributed by atoms with Gasteiger partial charge in [-0.1, -0.05) is 31.5 Å². The molecular weight excluding hydrogens is 302 g/mol. The SMILES string of the molecule is CCCCN(C(=O)COc1ccccc1)C1CCS(=O)(=O)C1. The van der Waals surface area contributed by atoms with Crippen molar-refractivity contribution in [2.24, 2.45) is 0 Å². The molecule has 1 saturated heterocycles. The first kappa shape index (κ1) is 16.8. The zero-order chi connectivity index (χ0) is 16.0. The Morgan fingerprint density at radius 3 is 2.64 bits per heavy atom. The smallest absolute Gasteiger partial charge is 0.260 e. The second kappa shape index (κ2) is 7.63. The summed E-state index contributed by atoms with van der Waals surface area (Å²) in [5.41, 5.74) is 0. The maximum atomic E-state index is 12.4. The Balaban J connectivity index is 1.97. The standard InChI is InChI=1S/C16H23NO4S/c1-2-3-10-17(14-9-11-22(19,20)13-14)16(18)12-21-15-7-5-4-6-8-15/h4-8,14H,2-3,9-13H2,1H3. The van der Waals surface area contributed by atoms with Gasteiger partial charge in [-0.2, -0.15) is 0 Å². The molecule has 22 heavy (non-hydrogen) atoms. The Labute approximate surface area is 132 Å². The average Bonchev–Trinajstić information content (AvgIpc) is 2.86. The van der Waals surface area contributed by atoms with Gasteiger partial charge in [-0.25, -0.2) is 8.42 Å². The molecule has 1 fully saturated rings. The summed E-state index contributed by atoms with van der Waals surface area (Å²) in [6, 6.07) is 8.96. The Kier molecular flexibility index (Phi) is 5.83. The molecule has 122 valence electrons. The number of benzene rings is 1. The minimum absolute atomic E-state index is 0.0513. The predicted molar refractivity (Wildman–Crippen MR) is 85.6 cm³/mol. The second-order valence-corrected chi connectivity index (χ2v) is 7.83. The molecule has 0 aliphatic carbocycles. The highest BCUT2D eigenvalue weighted by atomic mass is 32.2. The fraction of sp³-hybridized carbons (Fsp3) is 0.562. The van der Waals surface area contributed by atoms with Crippen LogP contribution in [0.3, 0.4) is 0 Å². The first-order chi connectivity index (χ1) is 10.5. The van der Waals surface area contributed by atoms with E-state index < -0.39 is 9.84 Å². The largest absolute Gasteiger partial charge is 0.484 e. The van der Waals surface area contributed by atoms with Crippen LogP contribution in [-0.2, 0) is 14.6 Å². The fourth-order valence-corrected chi connectivity index (χ4v) is 4.34. The van der Waals surface area contributed by atoms with Crippen molar-refractivity contribution < 1.29 is 17.9 Å². The molecule has 1 aliphatic rings. The van der Waals surface area contributed by atoms with E-state index in [9.17, 15) is 13.2 Å². The molecule has 1 aliphatic heterocycles. The van der Waals surface area contributed by atoms with Crippen molar-refractivity contribution in [3.63, 3.8) is 0 Å². The van der Waals surface area contributed by atoms with Crippen LogP contribution in [0, 0.1) is 0 Å². The molecular formula is C16H23NO4S. The molecule has 0 N–H and O–H groups in total. The molecule has 2 rings (SSSR count). The molecule has 0 radical (unpaired) electrons. The number of hydrogen-bond donors (Lipinski definition) is 0. The predicted octanol–water partition coefficient (Wildman–Crippen LogP) is 1.88. The number of rotatable bonds is 7. The normalized spacial score (nSPS) is 19.8. The molecule has 0 bridgehead atoms. The minimum atomic E-state index is -3.00. The van der Waals surface area contributed by atoms with Gasteiger partial charge in [0.15, 0.2) is 16.4 Å². The maximum absolute atomic E-state index is 12.4. The van der Waals surface area contributed by atoms with Crippen molar-refractivity contribution in [3.05, 3.63) is 30.3 Å². The summed E-state index contributed by atoms with van der Waals surface area (Å²) in [5, 5.41) is 0. The molecule has 0 saturated carbocycles. The van der Waals surface area contributed by atoms with E-state index in [1.807, 2.05) is 18.2 Å². The van der Waals surface area contributed by atoms with Crippen LogP contribution in [0.25, 0.3) is 0 Å². The highest BCUT2D eigenvalue weighted by Crippen LogP contribution is 2.19. The summed E-state index contributed by atoms with van der Waals surface area (Å²) in [4.78, 5) is 14.1. The van der Waals surface area contributed by atoms with Crippen LogP contribution in [0.2, 0.25) is 0 Å². The molecule has 1 aromatic rings. The summed E-state index contributed by atoms with van der Waals surface area (Å²) < 4.78 is 28.8. The average molecular weight is 325 g/mol. The summed E-state index contributed by atoms with van der Waals surface area (Å²) in [5.74, 6) is 0.755. The number of para-hydroxylation sites is 1. The molecule has 1 amide bonds. The molecule has 1 heterocycles. The summed E-state index contributed by atoms with van der Waals surface area (Å²) >= 11 is 0. The number of nitrogens with zero attached hydrogens (tertiary/aromatic N) is 1. The van der Waals surface area contributed by atoms with Crippen molar-refractivity contribution in [2.45, 2.75) is 32.2 Å². The highest BCUT2D eigenvalue weighted by molar-refractivity contribution is 7.91. The molecule has 5 nitrogen and oxygen atoms in total. The third kappa shape index (κ3) is 4.73. The summed E-state index contributed by atoms with van der Waals surface area (Å²) in [7, 11) is -3.00. The van der Waals surface area contributed by atoms with Gasteiger partial charge in [0, 0.05) is 12.6 Å². The zero-order valence-corrected chi connectivity index (χ0v) is 13.7. The van der Waals surface area contributed by atoms with Gasteiger partial charge in [-0.3, -0.25) is 4.79 Å². The Hall–Kier alpha value is -1.56. The van der Waals surface area contributed by atoms with E-state index >= 15 is 0 Å². The monoisotopic (exact) mass is 325 g/mol. The van der Waals surface area contributed by atoms with Crippen LogP contribution in [0.1, 0.15) is 26.2 Å². The van der Waals surface area contributed by atoms with Gasteiger partial charge in [0.05, 0.1) is 11.5 Å². The molecule has 1 aromatic carbocycles. The Morgan fingerprint density at radius 1 is 1.32 bits per heavy atom. The first-order valence-corrected chi connectivity index (χ1v) is 9.51. The first-order valence-electron chi connectivity index (χ1n) is 7.69. The number of unbranched alkanes of at least 4 members (excludes halogenated alkanes) is 1. The van der Waals surface area contributed by atoms with Crippen LogP contribution in [0.15, 0.2) is 30.3 Å². The summed E-state index contributed by atoms with van der Waals surface area (Å²) in [6.45, 7) is 2.59. The van der Waals surface area contributed by atoms with E-state index in [4.69, 9.17) is 4.74 Å². The minimum Gasteiger partial charge on any atom is -0.484 e. The molecule has 1 unspecified atom stereocenters. The second-order valence-electron chi connectivity index (χ2n) is 5.60. The van der Waals surface area contributed by atoms with E-state index in [0.717, 1.165) is 12.8 Å². The summed E-state index contributed by atoms with van der Waals surface area (Å²) in [6.07, 6.45) is 2.36. The third-order valence-corrected chi connectivity index (χ3v) is 5.58. The number of carbonyl (C=O) groups excluding carboxylic acids is 1. The van der Waals surface area contributed by atoms with E-state index in [0.29, 0.717) is 18.7 Å². The zero-order valence-electron chi connectivity index (χ0n) is 12.9. The lowest BCUT2D eigenvalue weighted by molar-refractivity contribution is -0.135. The number of ether oxygens (including phenoxy) is 1. The van der Waals surface area contributed by atoms with Gasteiger partial charge >= 0.3 is 0 Å². The highest BCUT2D eigenvalue weighted by Gasteiger charge is 2.34. The van der Waals surface area contributed by atoms with E-state index in [-0.39, 0.29) is 30.1 Å². The van der Waals surface area contributed by atoms with Crippen molar-refractivity contribution in [1.82, 2.24) is 4.90 Å². The van der Waals surface area contributed by atoms with E-state index in [2.05, 4.69) is 6.92 Å². The Morgan fingerprint density at radius 2 is 2.05 bits per heavy atom. The van der Waals surface area contributed by atoms with E-state index in [1.54, 1.807) is 17.0 Å². The van der Waals surface area contributed by atoms with Crippen molar-refractivity contribution in [1.29, 1.82) is 0 Å². The lowest BCUT2D eigenvalue weighted by atomic mass is 10.2. The molecule has 1 atom stereocenters. The third-order valence-electron chi connectivity index (χ3n) is 3.83. The number of carbonyl (C=O) groups is 1. The lowest BCUT2D eigenvalue weighted by Crippen LogP contribution is -2.44. The van der Waals surface area contributed by atoms with Crippen LogP contribution in [0.5, 0.6) is 5.75 Å². The van der Waals surface area contributed by atoms with Gasteiger partial charge < -0.3 is 9.64 Å². The van der Waals surface area contributed by atoms with Gasteiger partial charge in [-0.05, 0) is 25.0 Å². The molecule has 0 aromatic heterocycles. The van der Waals surface area contributed by atoms with Crippen molar-refractivity contribution in [2.75, 3.05) is 24.7 Å². The number of hydrogen-bond acceptors (Lipinski definition) is 4. The van der Waals surface area contributed by atoms with Gasteiger partial charge in [0.1, 0.15) is 5.75 Å². The fourth-order valence-electron chi connectivity index (χ4n) is 2.61. The Bertz CT molecular complexity index is 585. The van der Waals surface area contributed by atoms with Crippen LogP contribution in [-0.4, -0.2) is 49.9 Å². The van der Waals surface area contributed by atoms with Gasteiger partial charge in [-0.15, -0.1) is 0 Å². The quantitative estimate of drug-likeness (QED) is 0.768.